The van der Waals surface area contributed by atoms with Crippen LogP contribution in [0.4, 0.5) is 4.39 Å². The van der Waals surface area contributed by atoms with Gasteiger partial charge in [-0.15, -0.1) is 0 Å². The summed E-state index contributed by atoms with van der Waals surface area (Å²) in [5.74, 6) is 0.260. The third kappa shape index (κ3) is 5.70. The summed E-state index contributed by atoms with van der Waals surface area (Å²) in [7, 11) is 1.78. The highest BCUT2D eigenvalue weighted by Gasteiger charge is 2.07. The van der Waals surface area contributed by atoms with Gasteiger partial charge in [-0.05, 0) is 39.1 Å². The van der Waals surface area contributed by atoms with Gasteiger partial charge >= 0.3 is 0 Å². The fraction of sp³-hybridized carbons (Fsp3) is 0.500. The summed E-state index contributed by atoms with van der Waals surface area (Å²) in [5.41, 5.74) is 0.742. The molecule has 1 aromatic carbocycles. The molecule has 1 rings (SSSR count). The van der Waals surface area contributed by atoms with Crippen molar-refractivity contribution in [3.05, 3.63) is 29.6 Å². The highest BCUT2D eigenvalue weighted by molar-refractivity contribution is 5.76. The van der Waals surface area contributed by atoms with Gasteiger partial charge in [-0.2, -0.15) is 0 Å². The monoisotopic (exact) mass is 268 g/mol. The van der Waals surface area contributed by atoms with Crippen molar-refractivity contribution in [2.45, 2.75) is 32.9 Å². The first-order valence-corrected chi connectivity index (χ1v) is 6.38. The molecule has 0 fully saturated rings. The molecule has 0 bridgehead atoms. The molecule has 19 heavy (non-hydrogen) atoms. The van der Waals surface area contributed by atoms with E-state index >= 15 is 0 Å². The lowest BCUT2D eigenvalue weighted by molar-refractivity contribution is -0.122. The Kier molecular flexibility index (Phi) is 6.29. The minimum absolute atomic E-state index is 0.0488. The number of carbonyl (C=O) groups is 1. The normalized spacial score (nSPS) is 10.6. The third-order valence-corrected chi connectivity index (χ3v) is 2.43. The average molecular weight is 268 g/mol. The van der Waals surface area contributed by atoms with Crippen LogP contribution < -0.4 is 15.4 Å². The van der Waals surface area contributed by atoms with Crippen molar-refractivity contribution >= 4 is 5.91 Å². The largest absolute Gasteiger partial charge is 0.493 e. The summed E-state index contributed by atoms with van der Waals surface area (Å²) in [6.07, 6.45) is 0.286. The Bertz CT molecular complexity index is 422. The fourth-order valence-corrected chi connectivity index (χ4v) is 1.67. The van der Waals surface area contributed by atoms with Gasteiger partial charge in [0.25, 0.3) is 0 Å². The molecule has 0 saturated carbocycles. The van der Waals surface area contributed by atoms with E-state index in [1.807, 2.05) is 13.8 Å². The molecule has 0 aliphatic rings. The molecule has 2 N–H and O–H groups in total. The van der Waals surface area contributed by atoms with E-state index in [0.29, 0.717) is 12.3 Å². The average Bonchev–Trinajstić information content (AvgIpc) is 2.31. The van der Waals surface area contributed by atoms with Crippen LogP contribution in [0.5, 0.6) is 5.75 Å². The molecule has 0 unspecified atom stereocenters. The highest BCUT2D eigenvalue weighted by Crippen LogP contribution is 2.19. The number of amides is 1. The van der Waals surface area contributed by atoms with Gasteiger partial charge in [-0.3, -0.25) is 4.79 Å². The predicted octanol–water partition coefficient (Wildman–Crippen LogP) is 1.84. The summed E-state index contributed by atoms with van der Waals surface area (Å²) in [6.45, 7) is 4.61. The molecule has 0 aliphatic carbocycles. The smallest absolute Gasteiger partial charge is 0.223 e. The van der Waals surface area contributed by atoms with E-state index in [-0.39, 0.29) is 30.8 Å². The van der Waals surface area contributed by atoms with Crippen LogP contribution in [0.15, 0.2) is 18.2 Å². The number of benzene rings is 1. The van der Waals surface area contributed by atoms with Gasteiger partial charge in [0.15, 0.2) is 0 Å². The molecule has 5 heteroatoms. The van der Waals surface area contributed by atoms with E-state index in [0.717, 1.165) is 5.56 Å². The van der Waals surface area contributed by atoms with Gasteiger partial charge in [0.2, 0.25) is 5.91 Å². The zero-order valence-electron chi connectivity index (χ0n) is 11.6. The lowest BCUT2D eigenvalue weighted by atomic mass is 10.2. The predicted molar refractivity (Wildman–Crippen MR) is 72.6 cm³/mol. The van der Waals surface area contributed by atoms with E-state index in [1.54, 1.807) is 13.1 Å². The molecule has 0 atom stereocenters. The minimum Gasteiger partial charge on any atom is -0.493 e. The Labute approximate surface area is 113 Å². The molecule has 106 valence electrons. The molecule has 1 aromatic rings. The van der Waals surface area contributed by atoms with Crippen LogP contribution >= 0.6 is 0 Å². The Morgan fingerprint density at radius 3 is 2.79 bits per heavy atom. The number of hydrogen-bond acceptors (Lipinski definition) is 3. The summed E-state index contributed by atoms with van der Waals surface area (Å²) in [5, 5.41) is 5.74. The zero-order valence-corrected chi connectivity index (χ0v) is 11.6. The lowest BCUT2D eigenvalue weighted by Gasteiger charge is -2.12. The Morgan fingerprint density at radius 1 is 1.42 bits per heavy atom. The molecule has 0 aliphatic heterocycles. The Balaban J connectivity index is 2.50. The van der Waals surface area contributed by atoms with Crippen molar-refractivity contribution in [1.82, 2.24) is 10.6 Å². The number of nitrogens with one attached hydrogen (secondary N) is 2. The van der Waals surface area contributed by atoms with Crippen LogP contribution in [0.1, 0.15) is 25.8 Å². The minimum atomic E-state index is -0.296. The number of rotatable bonds is 7. The van der Waals surface area contributed by atoms with Crippen LogP contribution in [0, 0.1) is 5.82 Å². The van der Waals surface area contributed by atoms with Crippen LogP contribution in [-0.2, 0) is 11.3 Å². The molecule has 4 nitrogen and oxygen atoms in total. The van der Waals surface area contributed by atoms with Crippen molar-refractivity contribution in [3.63, 3.8) is 0 Å². The maximum atomic E-state index is 13.1. The number of ether oxygens (including phenoxy) is 1. The van der Waals surface area contributed by atoms with E-state index in [4.69, 9.17) is 4.74 Å². The van der Waals surface area contributed by atoms with Crippen molar-refractivity contribution in [2.24, 2.45) is 0 Å². The van der Waals surface area contributed by atoms with Crippen molar-refractivity contribution < 1.29 is 13.9 Å². The summed E-state index contributed by atoms with van der Waals surface area (Å²) >= 11 is 0. The van der Waals surface area contributed by atoms with E-state index in [9.17, 15) is 9.18 Å². The van der Waals surface area contributed by atoms with Crippen LogP contribution in [0.2, 0.25) is 0 Å². The van der Waals surface area contributed by atoms with Gasteiger partial charge in [0, 0.05) is 18.2 Å². The second-order valence-corrected chi connectivity index (χ2v) is 4.60. The van der Waals surface area contributed by atoms with Gasteiger partial charge < -0.3 is 15.4 Å². The number of halogens is 1. The van der Waals surface area contributed by atoms with E-state index in [2.05, 4.69) is 10.6 Å². The first kappa shape index (κ1) is 15.4. The highest BCUT2D eigenvalue weighted by atomic mass is 19.1. The SMILES string of the molecule is CNCc1cc(F)ccc1OCCC(=O)NC(C)C. The van der Waals surface area contributed by atoms with Crippen LogP contribution in [-0.4, -0.2) is 25.6 Å². The summed E-state index contributed by atoms with van der Waals surface area (Å²) in [6, 6.07) is 4.49. The van der Waals surface area contributed by atoms with Gasteiger partial charge in [-0.25, -0.2) is 4.39 Å². The van der Waals surface area contributed by atoms with Crippen LogP contribution in [0.25, 0.3) is 0 Å². The van der Waals surface area contributed by atoms with Crippen molar-refractivity contribution in [1.29, 1.82) is 0 Å². The first-order chi connectivity index (χ1) is 9.02. The third-order valence-electron chi connectivity index (χ3n) is 2.43. The van der Waals surface area contributed by atoms with E-state index < -0.39 is 0 Å². The van der Waals surface area contributed by atoms with Gasteiger partial charge in [-0.1, -0.05) is 0 Å². The molecule has 1 amide bonds. The van der Waals surface area contributed by atoms with E-state index in [1.165, 1.54) is 12.1 Å². The molecular formula is C14H21FN2O2. The lowest BCUT2D eigenvalue weighted by Crippen LogP contribution is -2.31. The summed E-state index contributed by atoms with van der Waals surface area (Å²) in [4.78, 5) is 11.4. The molecule has 0 aromatic heterocycles. The Hall–Kier alpha value is -1.62. The maximum absolute atomic E-state index is 13.1. The van der Waals surface area contributed by atoms with Gasteiger partial charge in [0.05, 0.1) is 13.0 Å². The fourth-order valence-electron chi connectivity index (χ4n) is 1.67. The number of carbonyl (C=O) groups excluding carboxylic acids is 1. The van der Waals surface area contributed by atoms with Gasteiger partial charge in [0.1, 0.15) is 11.6 Å². The second kappa shape index (κ2) is 7.74. The second-order valence-electron chi connectivity index (χ2n) is 4.60. The zero-order chi connectivity index (χ0) is 14.3. The summed E-state index contributed by atoms with van der Waals surface area (Å²) < 4.78 is 18.6. The Morgan fingerprint density at radius 2 is 2.16 bits per heavy atom. The topological polar surface area (TPSA) is 50.4 Å². The molecular weight excluding hydrogens is 247 g/mol. The molecule has 0 saturated heterocycles. The first-order valence-electron chi connectivity index (χ1n) is 6.38. The quantitative estimate of drug-likeness (QED) is 0.793. The van der Waals surface area contributed by atoms with Crippen molar-refractivity contribution in [2.75, 3.05) is 13.7 Å². The molecule has 0 heterocycles. The molecule has 0 radical (unpaired) electrons. The van der Waals surface area contributed by atoms with Crippen molar-refractivity contribution in [3.8, 4) is 5.75 Å². The standard InChI is InChI=1S/C14H21FN2O2/c1-10(2)17-14(18)6-7-19-13-5-4-12(15)8-11(13)9-16-3/h4-5,8,10,16H,6-7,9H2,1-3H3,(H,17,18). The van der Waals surface area contributed by atoms with Crippen LogP contribution in [0.3, 0.4) is 0 Å². The molecule has 0 spiro atoms. The maximum Gasteiger partial charge on any atom is 0.223 e. The number of hydrogen-bond donors (Lipinski definition) is 2.